The smallest absolute Gasteiger partial charge is 0.277 e. The number of aromatic nitrogens is 2. The monoisotopic (exact) mass is 275 g/mol. The van der Waals surface area contributed by atoms with Crippen molar-refractivity contribution in [1.82, 2.24) is 20.9 Å². The number of amides is 1. The van der Waals surface area contributed by atoms with Crippen LogP contribution in [0.2, 0.25) is 0 Å². The Morgan fingerprint density at radius 2 is 2.10 bits per heavy atom. The van der Waals surface area contributed by atoms with Crippen molar-refractivity contribution in [3.8, 4) is 0 Å². The first-order valence-corrected chi connectivity index (χ1v) is 6.30. The van der Waals surface area contributed by atoms with Gasteiger partial charge in [-0.05, 0) is 28.4 Å². The quantitative estimate of drug-likeness (QED) is 0.662. The predicted molar refractivity (Wildman–Crippen MR) is 73.9 cm³/mol. The van der Waals surface area contributed by atoms with Crippen LogP contribution in [0.3, 0.4) is 0 Å². The first-order valence-electron chi connectivity index (χ1n) is 6.30. The number of carbonyl (C=O) groups is 1. The Morgan fingerprint density at radius 3 is 2.80 bits per heavy atom. The number of anilines is 1. The van der Waals surface area contributed by atoms with Gasteiger partial charge in [0.15, 0.2) is 0 Å². The number of hydrogen-bond acceptors (Lipinski definition) is 6. The Labute approximate surface area is 116 Å². The van der Waals surface area contributed by atoms with E-state index in [2.05, 4.69) is 44.6 Å². The highest BCUT2D eigenvalue weighted by Gasteiger charge is 2.14. The summed E-state index contributed by atoms with van der Waals surface area (Å²) < 4.78 is 4.36. The van der Waals surface area contributed by atoms with Gasteiger partial charge in [0.05, 0.1) is 0 Å². The lowest BCUT2D eigenvalue weighted by atomic mass is 10.1. The van der Waals surface area contributed by atoms with E-state index >= 15 is 0 Å². The third-order valence-corrected chi connectivity index (χ3v) is 2.89. The molecule has 0 spiro atoms. The number of aryl methyl sites for hydroxylation is 1. The van der Waals surface area contributed by atoms with Crippen LogP contribution in [0.5, 0.6) is 0 Å². The van der Waals surface area contributed by atoms with E-state index in [0.29, 0.717) is 13.1 Å². The highest BCUT2D eigenvalue weighted by Crippen LogP contribution is 2.05. The molecule has 0 radical (unpaired) electrons. The van der Waals surface area contributed by atoms with Gasteiger partial charge in [-0.3, -0.25) is 4.79 Å². The minimum absolute atomic E-state index is 0.00429. The van der Waals surface area contributed by atoms with Gasteiger partial charge in [0, 0.05) is 19.6 Å². The molecule has 0 aliphatic heterocycles. The third kappa shape index (κ3) is 3.55. The zero-order valence-electron chi connectivity index (χ0n) is 11.2. The molecular formula is C13H17N5O2. The first kappa shape index (κ1) is 14.0. The van der Waals surface area contributed by atoms with Crippen molar-refractivity contribution in [2.24, 2.45) is 0 Å². The van der Waals surface area contributed by atoms with Crippen molar-refractivity contribution < 1.29 is 9.42 Å². The molecule has 0 aliphatic rings. The Hall–Kier alpha value is -2.41. The number of nitrogen functional groups attached to an aromatic ring is 1. The van der Waals surface area contributed by atoms with Crippen LogP contribution < -0.4 is 16.4 Å². The predicted octanol–water partition coefficient (Wildman–Crippen LogP) is 0.480. The number of nitrogens with two attached hydrogens (primary N) is 1. The van der Waals surface area contributed by atoms with Crippen LogP contribution in [0.4, 0.5) is 5.82 Å². The zero-order valence-corrected chi connectivity index (χ0v) is 11.2. The summed E-state index contributed by atoms with van der Waals surface area (Å²) in [5, 5.41) is 12.7. The number of nitrogens with one attached hydrogen (secondary N) is 2. The van der Waals surface area contributed by atoms with Crippen LogP contribution in [0.15, 0.2) is 28.9 Å². The Balaban J connectivity index is 1.69. The largest absolute Gasteiger partial charge is 0.379 e. The van der Waals surface area contributed by atoms with Crippen molar-refractivity contribution in [3.63, 3.8) is 0 Å². The maximum atomic E-state index is 11.6. The van der Waals surface area contributed by atoms with Crippen molar-refractivity contribution in [2.75, 3.05) is 18.8 Å². The SMILES string of the molecule is Cc1ccccc1CNCCNC(=O)c1nonc1N. The summed E-state index contributed by atoms with van der Waals surface area (Å²) in [5.41, 5.74) is 7.92. The molecule has 0 aliphatic carbocycles. The molecule has 4 N–H and O–H groups in total. The summed E-state index contributed by atoms with van der Waals surface area (Å²) in [5.74, 6) is -0.392. The minimum atomic E-state index is -0.388. The zero-order chi connectivity index (χ0) is 14.4. The third-order valence-electron chi connectivity index (χ3n) is 2.89. The van der Waals surface area contributed by atoms with Gasteiger partial charge in [0.25, 0.3) is 5.91 Å². The molecule has 1 aromatic heterocycles. The molecular weight excluding hydrogens is 258 g/mol. The molecule has 0 bridgehead atoms. The maximum Gasteiger partial charge on any atom is 0.277 e. The van der Waals surface area contributed by atoms with Crippen molar-refractivity contribution >= 4 is 11.7 Å². The topological polar surface area (TPSA) is 106 Å². The van der Waals surface area contributed by atoms with Crippen LogP contribution in [-0.4, -0.2) is 29.3 Å². The van der Waals surface area contributed by atoms with Crippen LogP contribution in [0.1, 0.15) is 21.6 Å². The molecule has 0 saturated heterocycles. The normalized spacial score (nSPS) is 10.4. The molecule has 2 aromatic rings. The number of rotatable bonds is 6. The van der Waals surface area contributed by atoms with E-state index in [4.69, 9.17) is 5.73 Å². The van der Waals surface area contributed by atoms with Gasteiger partial charge in [-0.15, -0.1) is 0 Å². The molecule has 0 saturated carbocycles. The van der Waals surface area contributed by atoms with E-state index in [1.807, 2.05) is 12.1 Å². The Bertz CT molecular complexity index is 582. The Morgan fingerprint density at radius 1 is 1.30 bits per heavy atom. The summed E-state index contributed by atoms with van der Waals surface area (Å²) in [7, 11) is 0. The minimum Gasteiger partial charge on any atom is -0.379 e. The van der Waals surface area contributed by atoms with E-state index in [9.17, 15) is 4.79 Å². The van der Waals surface area contributed by atoms with Gasteiger partial charge in [-0.25, -0.2) is 4.63 Å². The summed E-state index contributed by atoms with van der Waals surface area (Å²) in [6.45, 7) is 3.94. The number of benzene rings is 1. The van der Waals surface area contributed by atoms with Gasteiger partial charge in [0.1, 0.15) is 0 Å². The molecule has 7 heteroatoms. The second-order valence-electron chi connectivity index (χ2n) is 4.36. The average molecular weight is 275 g/mol. The van der Waals surface area contributed by atoms with Gasteiger partial charge in [-0.1, -0.05) is 24.3 Å². The number of hydrogen-bond donors (Lipinski definition) is 3. The highest BCUT2D eigenvalue weighted by atomic mass is 16.6. The molecule has 20 heavy (non-hydrogen) atoms. The lowest BCUT2D eigenvalue weighted by Crippen LogP contribution is -2.32. The fourth-order valence-electron chi connectivity index (χ4n) is 1.73. The molecule has 0 atom stereocenters. The highest BCUT2D eigenvalue weighted by molar-refractivity contribution is 5.95. The Kier molecular flexibility index (Phi) is 4.67. The molecule has 1 aromatic carbocycles. The van der Waals surface area contributed by atoms with Crippen molar-refractivity contribution in [3.05, 3.63) is 41.1 Å². The molecule has 7 nitrogen and oxygen atoms in total. The summed E-state index contributed by atoms with van der Waals surface area (Å²) in [6, 6.07) is 8.16. The summed E-state index contributed by atoms with van der Waals surface area (Å²) in [6.07, 6.45) is 0. The van der Waals surface area contributed by atoms with E-state index in [0.717, 1.165) is 6.54 Å². The molecule has 0 unspecified atom stereocenters. The molecule has 2 rings (SSSR count). The lowest BCUT2D eigenvalue weighted by molar-refractivity contribution is 0.0944. The molecule has 0 fully saturated rings. The van der Waals surface area contributed by atoms with Crippen LogP contribution >= 0.6 is 0 Å². The fourth-order valence-corrected chi connectivity index (χ4v) is 1.73. The molecule has 1 heterocycles. The second kappa shape index (κ2) is 6.67. The van der Waals surface area contributed by atoms with Gasteiger partial charge >= 0.3 is 0 Å². The average Bonchev–Trinajstić information content (AvgIpc) is 2.86. The summed E-state index contributed by atoms with van der Waals surface area (Å²) >= 11 is 0. The molecule has 1 amide bonds. The van der Waals surface area contributed by atoms with Crippen LogP contribution in [-0.2, 0) is 6.54 Å². The number of carbonyl (C=O) groups excluding carboxylic acids is 1. The van der Waals surface area contributed by atoms with E-state index < -0.39 is 0 Å². The van der Waals surface area contributed by atoms with E-state index in [1.165, 1.54) is 11.1 Å². The van der Waals surface area contributed by atoms with E-state index in [1.54, 1.807) is 0 Å². The van der Waals surface area contributed by atoms with Crippen molar-refractivity contribution in [1.29, 1.82) is 0 Å². The van der Waals surface area contributed by atoms with Crippen LogP contribution in [0.25, 0.3) is 0 Å². The van der Waals surface area contributed by atoms with Crippen LogP contribution in [0, 0.1) is 6.92 Å². The van der Waals surface area contributed by atoms with Crippen molar-refractivity contribution in [2.45, 2.75) is 13.5 Å². The summed E-state index contributed by atoms with van der Waals surface area (Å²) in [4.78, 5) is 11.6. The van der Waals surface area contributed by atoms with Gasteiger partial charge in [0.2, 0.25) is 11.5 Å². The fraction of sp³-hybridized carbons (Fsp3) is 0.308. The van der Waals surface area contributed by atoms with E-state index in [-0.39, 0.29) is 17.4 Å². The van der Waals surface area contributed by atoms with Gasteiger partial charge < -0.3 is 16.4 Å². The lowest BCUT2D eigenvalue weighted by Gasteiger charge is -2.08. The second-order valence-corrected chi connectivity index (χ2v) is 4.36. The first-order chi connectivity index (χ1) is 9.68. The molecule has 106 valence electrons. The van der Waals surface area contributed by atoms with Gasteiger partial charge in [-0.2, -0.15) is 0 Å². The maximum absolute atomic E-state index is 11.6. The standard InChI is InChI=1S/C13H17N5O2/c1-9-4-2-3-5-10(9)8-15-6-7-16-13(19)11-12(14)18-20-17-11/h2-5,15H,6-8H2,1H3,(H2,14,18)(H,16,19). The number of nitrogens with zero attached hydrogens (tertiary/aromatic N) is 2.